The fourth-order valence-electron chi connectivity index (χ4n) is 3.16. The number of rotatable bonds is 7. The number of hydrogen-bond acceptors (Lipinski definition) is 5. The molecular formula is C21H24N4O3. The molecule has 3 rings (SSSR count). The monoisotopic (exact) mass is 380 g/mol. The zero-order valence-corrected chi connectivity index (χ0v) is 15.7. The number of nitrogens with one attached hydrogen (secondary N) is 1. The molecule has 0 aromatic heterocycles. The molecular weight excluding hydrogens is 356 g/mol. The van der Waals surface area contributed by atoms with Crippen molar-refractivity contribution >= 4 is 23.4 Å². The van der Waals surface area contributed by atoms with Crippen LogP contribution in [-0.4, -0.2) is 59.9 Å². The Kier molecular flexibility index (Phi) is 6.89. The van der Waals surface area contributed by atoms with Gasteiger partial charge in [0.25, 0.3) is 5.69 Å². The molecule has 1 heterocycles. The molecule has 0 radical (unpaired) electrons. The number of carbonyl (C=O) groups excluding carboxylic acids is 1. The zero-order valence-electron chi connectivity index (χ0n) is 15.7. The van der Waals surface area contributed by atoms with E-state index in [-0.39, 0.29) is 23.8 Å². The van der Waals surface area contributed by atoms with E-state index in [0.29, 0.717) is 0 Å². The highest BCUT2D eigenvalue weighted by Crippen LogP contribution is 2.23. The largest absolute Gasteiger partial charge is 0.319 e. The minimum atomic E-state index is -0.489. The van der Waals surface area contributed by atoms with E-state index in [1.165, 1.54) is 11.6 Å². The Bertz CT molecular complexity index is 831. The standard InChI is InChI=1S/C21H24N4O3/c26-21(22-19-10-4-5-11-20(19)25(27)28)17-24-15-13-23(14-16-24)12-6-9-18-7-2-1-3-8-18/h1-11H,12-17H2,(H,22,26)/b9-6+. The number of hydrogen-bond donors (Lipinski definition) is 1. The van der Waals surface area contributed by atoms with E-state index < -0.39 is 4.92 Å². The highest BCUT2D eigenvalue weighted by Gasteiger charge is 2.20. The summed E-state index contributed by atoms with van der Waals surface area (Å²) in [5.41, 5.74) is 1.33. The fourth-order valence-corrected chi connectivity index (χ4v) is 3.16. The van der Waals surface area contributed by atoms with E-state index in [9.17, 15) is 14.9 Å². The Hall–Kier alpha value is -3.03. The third-order valence-corrected chi connectivity index (χ3v) is 4.68. The summed E-state index contributed by atoms with van der Waals surface area (Å²) in [6.45, 7) is 4.48. The molecule has 1 fully saturated rings. The number of benzene rings is 2. The summed E-state index contributed by atoms with van der Waals surface area (Å²) < 4.78 is 0. The first-order chi connectivity index (χ1) is 13.6. The predicted octanol–water partition coefficient (Wildman–Crippen LogP) is 2.86. The summed E-state index contributed by atoms with van der Waals surface area (Å²) in [6.07, 6.45) is 4.28. The van der Waals surface area contributed by atoms with E-state index >= 15 is 0 Å². The van der Waals surface area contributed by atoms with Gasteiger partial charge >= 0.3 is 0 Å². The number of carbonyl (C=O) groups is 1. The lowest BCUT2D eigenvalue weighted by molar-refractivity contribution is -0.383. The van der Waals surface area contributed by atoms with Crippen molar-refractivity contribution < 1.29 is 9.72 Å². The van der Waals surface area contributed by atoms with Crippen LogP contribution in [0.15, 0.2) is 60.7 Å². The molecule has 7 nitrogen and oxygen atoms in total. The Labute approximate surface area is 164 Å². The fraction of sp³-hybridized carbons (Fsp3) is 0.286. The van der Waals surface area contributed by atoms with Crippen molar-refractivity contribution in [3.05, 3.63) is 76.4 Å². The summed E-state index contributed by atoms with van der Waals surface area (Å²) in [7, 11) is 0. The highest BCUT2D eigenvalue weighted by molar-refractivity contribution is 5.94. The lowest BCUT2D eigenvalue weighted by Gasteiger charge is -2.33. The van der Waals surface area contributed by atoms with Gasteiger partial charge in [-0.1, -0.05) is 54.6 Å². The summed E-state index contributed by atoms with van der Waals surface area (Å²) in [6, 6.07) is 16.4. The second-order valence-corrected chi connectivity index (χ2v) is 6.71. The molecule has 1 saturated heterocycles. The number of nitro benzene ring substituents is 1. The molecule has 1 aliphatic rings. The Morgan fingerprint density at radius 2 is 1.64 bits per heavy atom. The van der Waals surface area contributed by atoms with Crippen LogP contribution in [0.5, 0.6) is 0 Å². The predicted molar refractivity (Wildman–Crippen MR) is 110 cm³/mol. The van der Waals surface area contributed by atoms with Crippen molar-refractivity contribution in [1.82, 2.24) is 9.80 Å². The van der Waals surface area contributed by atoms with Gasteiger partial charge in [0.1, 0.15) is 5.69 Å². The number of para-hydroxylation sites is 2. The molecule has 1 N–H and O–H groups in total. The molecule has 28 heavy (non-hydrogen) atoms. The van der Waals surface area contributed by atoms with Gasteiger partial charge in [-0.15, -0.1) is 0 Å². The number of amides is 1. The van der Waals surface area contributed by atoms with Crippen LogP contribution in [0.4, 0.5) is 11.4 Å². The van der Waals surface area contributed by atoms with Crippen molar-refractivity contribution in [2.45, 2.75) is 0 Å². The van der Waals surface area contributed by atoms with E-state index in [4.69, 9.17) is 0 Å². The number of anilines is 1. The second kappa shape index (κ2) is 9.77. The quantitative estimate of drug-likeness (QED) is 0.590. The first kappa shape index (κ1) is 19.7. The minimum absolute atomic E-state index is 0.0918. The van der Waals surface area contributed by atoms with Crippen LogP contribution >= 0.6 is 0 Å². The zero-order chi connectivity index (χ0) is 19.8. The smallest absolute Gasteiger partial charge is 0.292 e. The van der Waals surface area contributed by atoms with Crippen LogP contribution < -0.4 is 5.32 Å². The number of nitro groups is 1. The lowest BCUT2D eigenvalue weighted by Crippen LogP contribution is -2.48. The van der Waals surface area contributed by atoms with Crippen molar-refractivity contribution in [2.24, 2.45) is 0 Å². The van der Waals surface area contributed by atoms with Gasteiger partial charge in [-0.2, -0.15) is 0 Å². The first-order valence-corrected chi connectivity index (χ1v) is 9.31. The van der Waals surface area contributed by atoms with Crippen LogP contribution in [0, 0.1) is 10.1 Å². The topological polar surface area (TPSA) is 78.7 Å². The Morgan fingerprint density at radius 3 is 2.36 bits per heavy atom. The van der Waals surface area contributed by atoms with Gasteiger partial charge in [0.05, 0.1) is 11.5 Å². The van der Waals surface area contributed by atoms with Crippen molar-refractivity contribution in [2.75, 3.05) is 44.6 Å². The number of piperazine rings is 1. The molecule has 1 amide bonds. The third-order valence-electron chi connectivity index (χ3n) is 4.68. The molecule has 2 aromatic carbocycles. The normalized spacial score (nSPS) is 15.6. The molecule has 0 spiro atoms. The van der Waals surface area contributed by atoms with Crippen LogP contribution in [0.2, 0.25) is 0 Å². The summed E-state index contributed by atoms with van der Waals surface area (Å²) in [4.78, 5) is 27.2. The van der Waals surface area contributed by atoms with Gasteiger partial charge in [-0.25, -0.2) is 0 Å². The van der Waals surface area contributed by atoms with Crippen LogP contribution in [0.25, 0.3) is 6.08 Å². The van der Waals surface area contributed by atoms with E-state index in [1.807, 2.05) is 18.2 Å². The molecule has 0 bridgehead atoms. The molecule has 0 atom stereocenters. The molecule has 146 valence electrons. The molecule has 2 aromatic rings. The molecule has 1 aliphatic heterocycles. The lowest BCUT2D eigenvalue weighted by atomic mass is 10.2. The maximum atomic E-state index is 12.3. The van der Waals surface area contributed by atoms with Crippen molar-refractivity contribution in [3.8, 4) is 0 Å². The van der Waals surface area contributed by atoms with Crippen molar-refractivity contribution in [1.29, 1.82) is 0 Å². The average Bonchev–Trinajstić information content (AvgIpc) is 2.70. The molecule has 7 heteroatoms. The van der Waals surface area contributed by atoms with Gasteiger partial charge in [0.2, 0.25) is 5.91 Å². The molecule has 0 aliphatic carbocycles. The average molecular weight is 380 g/mol. The van der Waals surface area contributed by atoms with Crippen molar-refractivity contribution in [3.63, 3.8) is 0 Å². The van der Waals surface area contributed by atoms with E-state index in [1.54, 1.807) is 18.2 Å². The first-order valence-electron chi connectivity index (χ1n) is 9.31. The Balaban J connectivity index is 1.42. The van der Waals surface area contributed by atoms with E-state index in [2.05, 4.69) is 39.4 Å². The van der Waals surface area contributed by atoms with Crippen LogP contribution in [0.3, 0.4) is 0 Å². The molecule has 0 unspecified atom stereocenters. The second-order valence-electron chi connectivity index (χ2n) is 6.71. The summed E-state index contributed by atoms with van der Waals surface area (Å²) in [5, 5.41) is 13.7. The minimum Gasteiger partial charge on any atom is -0.319 e. The Morgan fingerprint density at radius 1 is 1.00 bits per heavy atom. The van der Waals surface area contributed by atoms with Crippen LogP contribution in [-0.2, 0) is 4.79 Å². The maximum Gasteiger partial charge on any atom is 0.292 e. The van der Waals surface area contributed by atoms with Gasteiger partial charge in [-0.3, -0.25) is 24.7 Å². The van der Waals surface area contributed by atoms with Gasteiger partial charge in [0, 0.05) is 38.8 Å². The summed E-state index contributed by atoms with van der Waals surface area (Å²) >= 11 is 0. The highest BCUT2D eigenvalue weighted by atomic mass is 16.6. The molecule has 0 saturated carbocycles. The van der Waals surface area contributed by atoms with Gasteiger partial charge < -0.3 is 5.32 Å². The van der Waals surface area contributed by atoms with Crippen LogP contribution in [0.1, 0.15) is 5.56 Å². The number of nitrogens with zero attached hydrogens (tertiary/aromatic N) is 3. The van der Waals surface area contributed by atoms with Gasteiger partial charge in [0.15, 0.2) is 0 Å². The SMILES string of the molecule is O=C(CN1CCN(C/C=C/c2ccccc2)CC1)Nc1ccccc1[N+](=O)[O-]. The van der Waals surface area contributed by atoms with E-state index in [0.717, 1.165) is 32.7 Å². The van der Waals surface area contributed by atoms with Gasteiger partial charge in [-0.05, 0) is 11.6 Å². The maximum absolute atomic E-state index is 12.3. The summed E-state index contributed by atoms with van der Waals surface area (Å²) in [5.74, 6) is -0.230. The third kappa shape index (κ3) is 5.73.